The number of fused-ring (bicyclic) bond motifs is 1. The highest BCUT2D eigenvalue weighted by Gasteiger charge is 2.22. The number of thiazole rings is 1. The molecule has 0 spiro atoms. The number of hydrogen-bond donors (Lipinski definition) is 1. The predicted octanol–water partition coefficient (Wildman–Crippen LogP) is 3.60. The lowest BCUT2D eigenvalue weighted by molar-refractivity contribution is 0.0692. The summed E-state index contributed by atoms with van der Waals surface area (Å²) in [5.74, 6) is 0.252. The van der Waals surface area contributed by atoms with Crippen LogP contribution in [0.3, 0.4) is 0 Å². The number of aromatic carboxylic acids is 1. The third kappa shape index (κ3) is 2.63. The van der Waals surface area contributed by atoms with Crippen LogP contribution in [0, 0.1) is 0 Å². The Labute approximate surface area is 133 Å². The Kier molecular flexibility index (Phi) is 3.86. The van der Waals surface area contributed by atoms with Crippen LogP contribution in [-0.2, 0) is 6.42 Å². The van der Waals surface area contributed by atoms with Crippen LogP contribution in [0.5, 0.6) is 11.5 Å². The van der Waals surface area contributed by atoms with Gasteiger partial charge in [0, 0.05) is 0 Å². The zero-order valence-electron chi connectivity index (χ0n) is 11.2. The van der Waals surface area contributed by atoms with Crippen LogP contribution in [0.1, 0.15) is 22.4 Å². The summed E-state index contributed by atoms with van der Waals surface area (Å²) in [6, 6.07) is 3.64. The van der Waals surface area contributed by atoms with Gasteiger partial charge in [0.2, 0.25) is 0 Å². The minimum atomic E-state index is -1.02. The largest absolute Gasteiger partial charge is 0.486 e. The zero-order chi connectivity index (χ0) is 15.0. The van der Waals surface area contributed by atoms with Crippen molar-refractivity contribution in [1.29, 1.82) is 0 Å². The van der Waals surface area contributed by atoms with Gasteiger partial charge >= 0.3 is 5.97 Å². The van der Waals surface area contributed by atoms with Crippen molar-refractivity contribution >= 4 is 33.2 Å². The van der Waals surface area contributed by atoms with Crippen molar-refractivity contribution in [3.05, 3.63) is 27.3 Å². The number of carboxylic acids is 1. The molecule has 0 saturated heterocycles. The molecule has 1 N–H and O–H groups in total. The van der Waals surface area contributed by atoms with E-state index in [0.717, 1.165) is 15.0 Å². The first-order valence-corrected chi connectivity index (χ1v) is 8.03. The van der Waals surface area contributed by atoms with E-state index in [9.17, 15) is 9.90 Å². The summed E-state index contributed by atoms with van der Waals surface area (Å²) in [6.07, 6.45) is 0.705. The Hall–Kier alpha value is -1.60. The van der Waals surface area contributed by atoms with Crippen LogP contribution >= 0.6 is 27.3 Å². The average molecular weight is 370 g/mol. The summed E-state index contributed by atoms with van der Waals surface area (Å²) >= 11 is 4.84. The van der Waals surface area contributed by atoms with Crippen molar-refractivity contribution in [3.63, 3.8) is 0 Å². The maximum atomic E-state index is 11.4. The number of benzene rings is 1. The van der Waals surface area contributed by atoms with Crippen LogP contribution in [0.4, 0.5) is 0 Å². The fourth-order valence-corrected chi connectivity index (χ4v) is 3.64. The quantitative estimate of drug-likeness (QED) is 0.894. The number of aryl methyl sites for hydroxylation is 1. The van der Waals surface area contributed by atoms with E-state index in [1.54, 1.807) is 6.07 Å². The molecule has 21 heavy (non-hydrogen) atoms. The van der Waals surface area contributed by atoms with Gasteiger partial charge in [-0.1, -0.05) is 6.92 Å². The smallest absolute Gasteiger partial charge is 0.356 e. The van der Waals surface area contributed by atoms with Crippen LogP contribution in [0.2, 0.25) is 0 Å². The van der Waals surface area contributed by atoms with Crippen molar-refractivity contribution < 1.29 is 19.4 Å². The van der Waals surface area contributed by atoms with Crippen LogP contribution in [0.25, 0.3) is 10.4 Å². The number of carboxylic acid groups (broad SMARTS) is 1. The molecule has 1 aromatic heterocycles. The van der Waals surface area contributed by atoms with E-state index in [1.807, 2.05) is 13.0 Å². The Morgan fingerprint density at radius 1 is 1.43 bits per heavy atom. The fraction of sp³-hybridized carbons (Fsp3) is 0.286. The first-order valence-electron chi connectivity index (χ1n) is 6.42. The van der Waals surface area contributed by atoms with E-state index in [0.29, 0.717) is 36.0 Å². The van der Waals surface area contributed by atoms with E-state index >= 15 is 0 Å². The van der Waals surface area contributed by atoms with Gasteiger partial charge in [-0.25, -0.2) is 9.78 Å². The molecule has 0 saturated carbocycles. The van der Waals surface area contributed by atoms with E-state index < -0.39 is 5.97 Å². The standard InChI is InChI=1S/C14H12BrNO4S/c1-2-10-16-11(14(17)18)13(21-10)7-5-8(15)12-9(6-7)19-3-4-20-12/h5-6H,2-4H2,1H3,(H,17,18). The molecule has 0 unspecified atom stereocenters. The lowest BCUT2D eigenvalue weighted by atomic mass is 10.1. The molecule has 5 nitrogen and oxygen atoms in total. The molecule has 0 aliphatic carbocycles. The topological polar surface area (TPSA) is 68.7 Å². The Balaban J connectivity index is 2.14. The van der Waals surface area contributed by atoms with Crippen molar-refractivity contribution in [3.8, 4) is 21.9 Å². The van der Waals surface area contributed by atoms with E-state index in [4.69, 9.17) is 9.47 Å². The predicted molar refractivity (Wildman–Crippen MR) is 82.6 cm³/mol. The summed E-state index contributed by atoms with van der Waals surface area (Å²) in [7, 11) is 0. The van der Waals surface area contributed by atoms with Crippen LogP contribution in [-0.4, -0.2) is 29.3 Å². The number of ether oxygens (including phenoxy) is 2. The first-order chi connectivity index (χ1) is 10.1. The van der Waals surface area contributed by atoms with Gasteiger partial charge in [-0.3, -0.25) is 0 Å². The Bertz CT molecular complexity index is 713. The molecule has 0 amide bonds. The molecule has 3 rings (SSSR count). The molecule has 1 aliphatic heterocycles. The molecule has 1 aromatic carbocycles. The number of halogens is 1. The summed E-state index contributed by atoms with van der Waals surface area (Å²) in [5.41, 5.74) is 0.848. The molecule has 1 aliphatic rings. The summed E-state index contributed by atoms with van der Waals surface area (Å²) in [4.78, 5) is 16.2. The number of rotatable bonds is 3. The van der Waals surface area contributed by atoms with Gasteiger partial charge in [0.05, 0.1) is 14.4 Å². The van der Waals surface area contributed by atoms with Crippen molar-refractivity contribution in [2.45, 2.75) is 13.3 Å². The number of nitrogens with zero attached hydrogens (tertiary/aromatic N) is 1. The minimum absolute atomic E-state index is 0.0837. The maximum Gasteiger partial charge on any atom is 0.356 e. The first kappa shape index (κ1) is 14.3. The zero-order valence-corrected chi connectivity index (χ0v) is 13.6. The monoisotopic (exact) mass is 369 g/mol. The summed E-state index contributed by atoms with van der Waals surface area (Å²) in [5, 5.41) is 10.1. The lowest BCUT2D eigenvalue weighted by Crippen LogP contribution is -2.15. The molecule has 0 atom stereocenters. The highest BCUT2D eigenvalue weighted by atomic mass is 79.9. The van der Waals surface area contributed by atoms with Gasteiger partial charge in [0.15, 0.2) is 17.2 Å². The molecule has 110 valence electrons. The van der Waals surface area contributed by atoms with E-state index in [2.05, 4.69) is 20.9 Å². The summed E-state index contributed by atoms with van der Waals surface area (Å²) < 4.78 is 11.9. The van der Waals surface area contributed by atoms with Gasteiger partial charge in [-0.2, -0.15) is 0 Å². The second kappa shape index (κ2) is 5.65. The molecular weight excluding hydrogens is 358 g/mol. The molecule has 0 fully saturated rings. The maximum absolute atomic E-state index is 11.4. The third-order valence-electron chi connectivity index (χ3n) is 3.04. The number of carbonyl (C=O) groups is 1. The minimum Gasteiger partial charge on any atom is -0.486 e. The summed E-state index contributed by atoms with van der Waals surface area (Å²) in [6.45, 7) is 2.94. The SMILES string of the molecule is CCc1nc(C(=O)O)c(-c2cc(Br)c3c(c2)OCCO3)s1. The van der Waals surface area contributed by atoms with Crippen LogP contribution in [0.15, 0.2) is 16.6 Å². The Morgan fingerprint density at radius 2 is 2.19 bits per heavy atom. The van der Waals surface area contributed by atoms with Gasteiger partial charge in [-0.05, 0) is 40.0 Å². The van der Waals surface area contributed by atoms with Gasteiger partial charge in [0.1, 0.15) is 13.2 Å². The number of hydrogen-bond acceptors (Lipinski definition) is 5. The Morgan fingerprint density at radius 3 is 2.90 bits per heavy atom. The van der Waals surface area contributed by atoms with Crippen molar-refractivity contribution in [1.82, 2.24) is 4.98 Å². The van der Waals surface area contributed by atoms with Crippen molar-refractivity contribution in [2.75, 3.05) is 13.2 Å². The second-order valence-electron chi connectivity index (χ2n) is 4.43. The highest BCUT2D eigenvalue weighted by molar-refractivity contribution is 9.10. The molecule has 7 heteroatoms. The van der Waals surface area contributed by atoms with E-state index in [-0.39, 0.29) is 5.69 Å². The molecule has 2 heterocycles. The van der Waals surface area contributed by atoms with E-state index in [1.165, 1.54) is 11.3 Å². The highest BCUT2D eigenvalue weighted by Crippen LogP contribution is 2.43. The van der Waals surface area contributed by atoms with Gasteiger partial charge < -0.3 is 14.6 Å². The molecule has 0 radical (unpaired) electrons. The molecular formula is C14H12BrNO4S. The van der Waals surface area contributed by atoms with Crippen molar-refractivity contribution in [2.24, 2.45) is 0 Å². The fourth-order valence-electron chi connectivity index (χ4n) is 2.10. The van der Waals surface area contributed by atoms with Gasteiger partial charge in [-0.15, -0.1) is 11.3 Å². The second-order valence-corrected chi connectivity index (χ2v) is 6.36. The molecule has 2 aromatic rings. The average Bonchev–Trinajstić information content (AvgIpc) is 2.92. The number of aromatic nitrogens is 1. The molecule has 0 bridgehead atoms. The lowest BCUT2D eigenvalue weighted by Gasteiger charge is -2.20. The van der Waals surface area contributed by atoms with Gasteiger partial charge in [0.25, 0.3) is 0 Å². The van der Waals surface area contributed by atoms with Crippen LogP contribution < -0.4 is 9.47 Å². The normalized spacial score (nSPS) is 13.2. The third-order valence-corrected chi connectivity index (χ3v) is 4.87.